The highest BCUT2D eigenvalue weighted by molar-refractivity contribution is 7.12. The van der Waals surface area contributed by atoms with Crippen LogP contribution in [-0.2, 0) is 11.0 Å². The van der Waals surface area contributed by atoms with Crippen LogP contribution < -0.4 is 19.3 Å². The molecule has 2 aliphatic heterocycles. The Labute approximate surface area is 239 Å². The number of piperazine rings is 1. The number of aliphatic carboxylic acids is 1. The average Bonchev–Trinajstić information content (AvgIpc) is 3.32. The van der Waals surface area contributed by atoms with Crippen LogP contribution in [0.5, 0.6) is 11.6 Å². The van der Waals surface area contributed by atoms with Crippen molar-refractivity contribution in [3.05, 3.63) is 57.9 Å². The summed E-state index contributed by atoms with van der Waals surface area (Å²) in [7, 11) is 2.93. The number of rotatable bonds is 6. The van der Waals surface area contributed by atoms with Gasteiger partial charge in [0.15, 0.2) is 0 Å². The molecule has 0 unspecified atom stereocenters. The molecule has 0 amide bonds. The molecule has 0 saturated carbocycles. The van der Waals surface area contributed by atoms with E-state index in [0.29, 0.717) is 42.0 Å². The number of carbonyl (C=O) groups is 1. The van der Waals surface area contributed by atoms with Gasteiger partial charge in [0.25, 0.3) is 0 Å². The van der Waals surface area contributed by atoms with Crippen LogP contribution in [0.25, 0.3) is 0 Å². The number of ether oxygens (including phenoxy) is 2. The third-order valence-electron chi connectivity index (χ3n) is 7.22. The molecule has 1 N–H and O–H groups in total. The van der Waals surface area contributed by atoms with E-state index in [9.17, 15) is 23.1 Å². The van der Waals surface area contributed by atoms with Crippen LogP contribution in [0.15, 0.2) is 47.6 Å². The molecule has 1 aromatic carbocycles. The second-order valence-corrected chi connectivity index (χ2v) is 11.2. The minimum absolute atomic E-state index is 0.0210. The Bertz CT molecular complexity index is 1480. The first-order valence-electron chi connectivity index (χ1n) is 13.0. The number of thiophene rings is 1. The van der Waals surface area contributed by atoms with Gasteiger partial charge in [0.05, 0.1) is 48.5 Å². The minimum atomic E-state index is -4.60. The lowest BCUT2D eigenvalue weighted by Gasteiger charge is -2.47. The maximum Gasteiger partial charge on any atom is 0.416 e. The molecule has 1 fully saturated rings. The highest BCUT2D eigenvalue weighted by Gasteiger charge is 2.41. The first kappa shape index (κ1) is 28.5. The number of alkyl halides is 3. The highest BCUT2D eigenvalue weighted by Crippen LogP contribution is 2.48. The molecular formula is C28H30F3N5O4S. The van der Waals surface area contributed by atoms with Crippen molar-refractivity contribution < 1.29 is 32.5 Å². The molecule has 9 nitrogen and oxygen atoms in total. The van der Waals surface area contributed by atoms with E-state index in [1.807, 2.05) is 36.9 Å². The number of anilines is 2. The fourth-order valence-corrected chi connectivity index (χ4v) is 6.43. The number of aromatic nitrogens is 1. The molecule has 13 heteroatoms. The number of pyridine rings is 1. The van der Waals surface area contributed by atoms with Gasteiger partial charge in [-0.05, 0) is 44.2 Å². The summed E-state index contributed by atoms with van der Waals surface area (Å²) in [6.07, 6.45) is -3.26. The molecule has 0 bridgehead atoms. The van der Waals surface area contributed by atoms with Crippen LogP contribution in [-0.4, -0.2) is 66.8 Å². The highest BCUT2D eigenvalue weighted by atomic mass is 32.1. The molecule has 2 aromatic heterocycles. The third-order valence-corrected chi connectivity index (χ3v) is 8.36. The average molecular weight is 590 g/mol. The van der Waals surface area contributed by atoms with Crippen molar-refractivity contribution in [1.29, 1.82) is 0 Å². The number of fused-ring (bicyclic) bond motifs is 1. The van der Waals surface area contributed by atoms with Crippen molar-refractivity contribution in [2.24, 2.45) is 4.99 Å². The van der Waals surface area contributed by atoms with Gasteiger partial charge in [-0.15, -0.1) is 11.3 Å². The van der Waals surface area contributed by atoms with E-state index < -0.39 is 23.8 Å². The van der Waals surface area contributed by atoms with Crippen molar-refractivity contribution in [2.75, 3.05) is 43.7 Å². The van der Waals surface area contributed by atoms with E-state index in [0.717, 1.165) is 22.7 Å². The van der Waals surface area contributed by atoms with Gasteiger partial charge in [-0.25, -0.2) is 9.98 Å². The van der Waals surface area contributed by atoms with Crippen molar-refractivity contribution in [3.8, 4) is 11.6 Å². The van der Waals surface area contributed by atoms with Crippen LogP contribution in [0.1, 0.15) is 34.7 Å². The fraction of sp³-hybridized carbons (Fsp3) is 0.393. The van der Waals surface area contributed by atoms with Gasteiger partial charge >= 0.3 is 12.1 Å². The molecule has 1 saturated heterocycles. The fourth-order valence-electron chi connectivity index (χ4n) is 5.38. The quantitative estimate of drug-likeness (QED) is 0.391. The normalized spacial score (nSPS) is 19.1. The number of hydrogen-bond acceptors (Lipinski definition) is 9. The number of nitrogens with zero attached hydrogens (tertiary/aromatic N) is 5. The van der Waals surface area contributed by atoms with E-state index >= 15 is 0 Å². The third kappa shape index (κ3) is 5.63. The van der Waals surface area contributed by atoms with E-state index in [4.69, 9.17) is 14.5 Å². The second-order valence-electron chi connectivity index (χ2n) is 9.93. The Balaban J connectivity index is 1.60. The number of halogens is 3. The second kappa shape index (κ2) is 11.1. The monoisotopic (exact) mass is 589 g/mol. The number of carboxylic acid groups (broad SMARTS) is 1. The number of carboxylic acids is 1. The number of hydrogen-bond donors (Lipinski definition) is 1. The van der Waals surface area contributed by atoms with Gasteiger partial charge in [0.2, 0.25) is 11.8 Å². The predicted molar refractivity (Wildman–Crippen MR) is 151 cm³/mol. The summed E-state index contributed by atoms with van der Waals surface area (Å²) in [5.74, 6) is -0.00569. The summed E-state index contributed by atoms with van der Waals surface area (Å²) >= 11 is 1.39. The molecule has 3 aromatic rings. The Kier molecular flexibility index (Phi) is 7.73. The van der Waals surface area contributed by atoms with Crippen molar-refractivity contribution in [3.63, 3.8) is 0 Å². The maximum atomic E-state index is 13.9. The molecular weight excluding hydrogens is 559 g/mol. The molecule has 2 atom stereocenters. The zero-order valence-corrected chi connectivity index (χ0v) is 23.8. The number of methoxy groups -OCH3 is 2. The van der Waals surface area contributed by atoms with Gasteiger partial charge < -0.3 is 24.4 Å². The zero-order valence-electron chi connectivity index (χ0n) is 23.0. The lowest BCUT2D eigenvalue weighted by atomic mass is 10.0. The minimum Gasteiger partial charge on any atom is -0.495 e. The number of aliphatic imine (C=N–C) groups is 1. The summed E-state index contributed by atoms with van der Waals surface area (Å²) < 4.78 is 52.4. The first-order chi connectivity index (χ1) is 19.5. The topological polar surface area (TPSA) is 90.7 Å². The maximum absolute atomic E-state index is 13.9. The van der Waals surface area contributed by atoms with Crippen molar-refractivity contribution >= 4 is 40.3 Å². The van der Waals surface area contributed by atoms with Crippen LogP contribution in [0, 0.1) is 6.92 Å². The molecule has 41 heavy (non-hydrogen) atoms. The van der Waals surface area contributed by atoms with Crippen LogP contribution >= 0.6 is 11.3 Å². The molecule has 4 heterocycles. The van der Waals surface area contributed by atoms with Gasteiger partial charge in [-0.1, -0.05) is 0 Å². The molecule has 0 aliphatic carbocycles. The summed E-state index contributed by atoms with van der Waals surface area (Å²) in [6.45, 7) is 5.50. The van der Waals surface area contributed by atoms with Crippen LogP contribution in [0.2, 0.25) is 0 Å². The Morgan fingerprint density at radius 2 is 1.93 bits per heavy atom. The van der Waals surface area contributed by atoms with Crippen LogP contribution in [0.3, 0.4) is 0 Å². The Morgan fingerprint density at radius 3 is 2.59 bits per heavy atom. The Hall–Kier alpha value is -4.00. The standard InChI is InChI=1S/C28H30F3N5O4S/c1-16-15-34(9-10-35(16)19-7-8-32-24(13-19)40-4)27-33-20-11-17(2)41-26(20)22(14-25(37)38)36(27)21-12-18(28(29,30)31)5-6-23(21)39-3/h5-8,11-13,16,22H,9-10,14-15H2,1-4H3,(H,37,38)/t16-,22+/m1/s1. The van der Waals surface area contributed by atoms with Gasteiger partial charge in [-0.2, -0.15) is 13.2 Å². The van der Waals surface area contributed by atoms with Gasteiger partial charge in [-0.3, -0.25) is 9.69 Å². The lowest BCUT2D eigenvalue weighted by Crippen LogP contribution is -2.58. The van der Waals surface area contributed by atoms with Gasteiger partial charge in [0, 0.05) is 48.5 Å². The first-order valence-corrected chi connectivity index (χ1v) is 13.8. The molecule has 0 radical (unpaired) electrons. The SMILES string of the molecule is COc1cc(N2CCN(C3=Nc4cc(C)sc4[C@H](CC(=O)O)N3c3cc(C(F)(F)F)ccc3OC)C[C@H]2C)ccn1. The molecule has 2 aliphatic rings. The number of benzene rings is 1. The molecule has 0 spiro atoms. The number of aryl methyl sites for hydroxylation is 1. The largest absolute Gasteiger partial charge is 0.495 e. The molecule has 5 rings (SSSR count). The zero-order chi connectivity index (χ0) is 29.5. The number of guanidine groups is 1. The summed E-state index contributed by atoms with van der Waals surface area (Å²) in [5, 5.41) is 9.91. The van der Waals surface area contributed by atoms with Crippen molar-refractivity contribution in [1.82, 2.24) is 9.88 Å². The van der Waals surface area contributed by atoms with Gasteiger partial charge in [0.1, 0.15) is 5.75 Å². The lowest BCUT2D eigenvalue weighted by molar-refractivity contribution is -0.138. The van der Waals surface area contributed by atoms with E-state index in [-0.39, 0.29) is 23.9 Å². The van der Waals surface area contributed by atoms with E-state index in [1.165, 1.54) is 24.5 Å². The van der Waals surface area contributed by atoms with E-state index in [2.05, 4.69) is 9.88 Å². The smallest absolute Gasteiger partial charge is 0.416 e. The summed E-state index contributed by atoms with van der Waals surface area (Å²) in [5.41, 5.74) is 0.813. The Morgan fingerprint density at radius 1 is 1.15 bits per heavy atom. The summed E-state index contributed by atoms with van der Waals surface area (Å²) in [6, 6.07) is 8.07. The van der Waals surface area contributed by atoms with Crippen molar-refractivity contribution in [2.45, 2.75) is 38.5 Å². The summed E-state index contributed by atoms with van der Waals surface area (Å²) in [4.78, 5) is 28.7. The predicted octanol–water partition coefficient (Wildman–Crippen LogP) is 5.72. The van der Waals surface area contributed by atoms with Crippen LogP contribution in [0.4, 0.5) is 30.2 Å². The van der Waals surface area contributed by atoms with E-state index in [1.54, 1.807) is 18.2 Å². The molecule has 218 valence electrons.